The van der Waals surface area contributed by atoms with Crippen LogP contribution in [0.1, 0.15) is 36.9 Å². The van der Waals surface area contributed by atoms with E-state index in [9.17, 15) is 4.79 Å². The number of pyridine rings is 1. The fourth-order valence-electron chi connectivity index (χ4n) is 3.83. The normalized spacial score (nSPS) is 27.8. The third-order valence-corrected chi connectivity index (χ3v) is 5.44. The second-order valence-electron chi connectivity index (χ2n) is 7.28. The van der Waals surface area contributed by atoms with E-state index in [1.54, 1.807) is 6.07 Å². The summed E-state index contributed by atoms with van der Waals surface area (Å²) in [5, 5.41) is 3.72. The minimum absolute atomic E-state index is 0.195. The summed E-state index contributed by atoms with van der Waals surface area (Å²) in [5.74, 6) is 1.44. The maximum atomic E-state index is 12.2. The first-order valence-corrected chi connectivity index (χ1v) is 8.82. The summed E-state index contributed by atoms with van der Waals surface area (Å²) in [6.45, 7) is 3.85. The van der Waals surface area contributed by atoms with Crippen molar-refractivity contribution in [3.63, 3.8) is 0 Å². The third kappa shape index (κ3) is 3.13. The van der Waals surface area contributed by atoms with Gasteiger partial charge in [-0.05, 0) is 55.9 Å². The maximum Gasteiger partial charge on any atom is 0.250 e. The van der Waals surface area contributed by atoms with E-state index in [2.05, 4.69) is 16.0 Å². The molecule has 0 unspecified atom stereocenters. The monoisotopic (exact) mass is 302 g/mol. The number of fused-ring (bicyclic) bond motifs is 1. The molecule has 120 valence electrons. The lowest BCUT2D eigenvalue weighted by atomic mass is 9.91. The fraction of sp³-hybridized carbons (Fsp3) is 0.722. The molecule has 1 aromatic heterocycles. The maximum absolute atomic E-state index is 12.2. The summed E-state index contributed by atoms with van der Waals surface area (Å²) in [5.41, 5.74) is 2.88. The zero-order chi connectivity index (χ0) is 14.9. The molecule has 3 aliphatic rings. The minimum Gasteiger partial charge on any atom is -0.381 e. The van der Waals surface area contributed by atoms with Gasteiger partial charge in [0.1, 0.15) is 0 Å². The van der Waals surface area contributed by atoms with Crippen molar-refractivity contribution in [1.29, 1.82) is 0 Å². The summed E-state index contributed by atoms with van der Waals surface area (Å²) in [7, 11) is 0. The van der Waals surface area contributed by atoms with Gasteiger partial charge in [-0.15, -0.1) is 0 Å². The number of aromatic nitrogens is 1. The molecule has 0 spiro atoms. The molecule has 1 saturated heterocycles. The zero-order valence-electron chi connectivity index (χ0n) is 13.2. The summed E-state index contributed by atoms with van der Waals surface area (Å²) < 4.78 is 7.51. The predicted molar refractivity (Wildman–Crippen MR) is 86.2 cm³/mol. The highest BCUT2D eigenvalue weighted by molar-refractivity contribution is 5.25. The summed E-state index contributed by atoms with van der Waals surface area (Å²) in [6, 6.07) is 4.39. The van der Waals surface area contributed by atoms with Crippen LogP contribution in [0.25, 0.3) is 0 Å². The van der Waals surface area contributed by atoms with Gasteiger partial charge in [-0.25, -0.2) is 0 Å². The SMILES string of the molecule is O=c1ccc2c(n1CC1CC1)CC[C@H](NC[C@@H]1CCOC1)C2. The Morgan fingerprint density at radius 1 is 1.18 bits per heavy atom. The van der Waals surface area contributed by atoms with Gasteiger partial charge in [0, 0.05) is 37.5 Å². The number of ether oxygens (including phenoxy) is 1. The Balaban J connectivity index is 1.43. The van der Waals surface area contributed by atoms with E-state index < -0.39 is 0 Å². The van der Waals surface area contributed by atoms with Gasteiger partial charge in [0.2, 0.25) is 0 Å². The van der Waals surface area contributed by atoms with E-state index in [1.165, 1.54) is 30.5 Å². The van der Waals surface area contributed by atoms with E-state index in [1.807, 2.05) is 0 Å². The Morgan fingerprint density at radius 3 is 2.86 bits per heavy atom. The second kappa shape index (κ2) is 6.17. The Bertz CT molecular complexity index is 585. The number of hydrogen-bond acceptors (Lipinski definition) is 3. The van der Waals surface area contributed by atoms with Crippen LogP contribution in [0.5, 0.6) is 0 Å². The smallest absolute Gasteiger partial charge is 0.250 e. The molecule has 1 saturated carbocycles. The van der Waals surface area contributed by atoms with Crippen LogP contribution in [-0.2, 0) is 24.1 Å². The number of nitrogens with one attached hydrogen (secondary N) is 1. The number of nitrogens with zero attached hydrogens (tertiary/aromatic N) is 1. The Kier molecular flexibility index (Phi) is 4.05. The van der Waals surface area contributed by atoms with Crippen LogP contribution < -0.4 is 10.9 Å². The first kappa shape index (κ1) is 14.5. The molecule has 22 heavy (non-hydrogen) atoms. The highest BCUT2D eigenvalue weighted by Crippen LogP contribution is 2.31. The van der Waals surface area contributed by atoms with Crippen LogP contribution in [-0.4, -0.2) is 30.4 Å². The van der Waals surface area contributed by atoms with E-state index >= 15 is 0 Å². The molecular formula is C18H26N2O2. The molecule has 0 bridgehead atoms. The van der Waals surface area contributed by atoms with Crippen molar-refractivity contribution in [1.82, 2.24) is 9.88 Å². The molecule has 4 nitrogen and oxygen atoms in total. The molecule has 4 rings (SSSR count). The van der Waals surface area contributed by atoms with Gasteiger partial charge >= 0.3 is 0 Å². The van der Waals surface area contributed by atoms with Crippen molar-refractivity contribution in [3.05, 3.63) is 33.7 Å². The van der Waals surface area contributed by atoms with Crippen LogP contribution in [0, 0.1) is 11.8 Å². The van der Waals surface area contributed by atoms with Crippen LogP contribution in [0.3, 0.4) is 0 Å². The van der Waals surface area contributed by atoms with E-state index in [0.29, 0.717) is 12.0 Å². The number of rotatable bonds is 5. The van der Waals surface area contributed by atoms with Gasteiger partial charge in [-0.3, -0.25) is 4.79 Å². The molecular weight excluding hydrogens is 276 g/mol. The first-order valence-electron chi connectivity index (χ1n) is 8.82. The molecule has 2 atom stereocenters. The van der Waals surface area contributed by atoms with Gasteiger partial charge in [0.15, 0.2) is 0 Å². The lowest BCUT2D eigenvalue weighted by molar-refractivity contribution is 0.184. The Hall–Kier alpha value is -1.13. The molecule has 4 heteroatoms. The third-order valence-electron chi connectivity index (χ3n) is 5.44. The lowest BCUT2D eigenvalue weighted by Gasteiger charge is -2.28. The second-order valence-corrected chi connectivity index (χ2v) is 7.28. The van der Waals surface area contributed by atoms with Crippen LogP contribution in [0.15, 0.2) is 16.9 Å². The minimum atomic E-state index is 0.195. The average Bonchev–Trinajstić information content (AvgIpc) is 3.20. The predicted octanol–water partition coefficient (Wildman–Crippen LogP) is 1.74. The summed E-state index contributed by atoms with van der Waals surface area (Å²) in [4.78, 5) is 12.2. The van der Waals surface area contributed by atoms with Gasteiger partial charge < -0.3 is 14.6 Å². The molecule has 1 N–H and O–H groups in total. The molecule has 1 aromatic rings. The van der Waals surface area contributed by atoms with Crippen molar-refractivity contribution in [3.8, 4) is 0 Å². The van der Waals surface area contributed by atoms with Crippen LogP contribution >= 0.6 is 0 Å². The van der Waals surface area contributed by atoms with Crippen molar-refractivity contribution in [2.45, 2.75) is 51.1 Å². The Morgan fingerprint density at radius 2 is 2.09 bits per heavy atom. The highest BCUT2D eigenvalue weighted by atomic mass is 16.5. The molecule has 2 heterocycles. The fourth-order valence-corrected chi connectivity index (χ4v) is 3.83. The van der Waals surface area contributed by atoms with Crippen molar-refractivity contribution in [2.24, 2.45) is 11.8 Å². The number of hydrogen-bond donors (Lipinski definition) is 1. The quantitative estimate of drug-likeness (QED) is 0.901. The summed E-state index contributed by atoms with van der Waals surface area (Å²) >= 11 is 0. The molecule has 0 aromatic carbocycles. The van der Waals surface area contributed by atoms with Gasteiger partial charge in [0.25, 0.3) is 5.56 Å². The average molecular weight is 302 g/mol. The lowest BCUT2D eigenvalue weighted by Crippen LogP contribution is -2.39. The largest absolute Gasteiger partial charge is 0.381 e. The van der Waals surface area contributed by atoms with E-state index in [4.69, 9.17) is 4.74 Å². The standard InChI is InChI=1S/C18H26N2O2/c21-18-6-3-15-9-16(19-10-14-7-8-22-12-14)4-5-17(15)20(18)11-13-1-2-13/h3,6,13-14,16,19H,1-2,4-5,7-12H2/t14-,16-/m0/s1. The Labute approximate surface area is 131 Å². The molecule has 0 radical (unpaired) electrons. The van der Waals surface area contributed by atoms with Gasteiger partial charge in [-0.2, -0.15) is 0 Å². The van der Waals surface area contributed by atoms with Gasteiger partial charge in [-0.1, -0.05) is 6.07 Å². The van der Waals surface area contributed by atoms with Crippen molar-refractivity contribution < 1.29 is 4.74 Å². The van der Waals surface area contributed by atoms with Gasteiger partial charge in [0.05, 0.1) is 6.61 Å². The highest BCUT2D eigenvalue weighted by Gasteiger charge is 2.27. The zero-order valence-corrected chi connectivity index (χ0v) is 13.2. The van der Waals surface area contributed by atoms with E-state index in [-0.39, 0.29) is 5.56 Å². The molecule has 0 amide bonds. The van der Waals surface area contributed by atoms with Crippen molar-refractivity contribution in [2.75, 3.05) is 19.8 Å². The van der Waals surface area contributed by atoms with Crippen LogP contribution in [0.2, 0.25) is 0 Å². The van der Waals surface area contributed by atoms with Crippen molar-refractivity contribution >= 4 is 0 Å². The topological polar surface area (TPSA) is 43.3 Å². The summed E-state index contributed by atoms with van der Waals surface area (Å²) in [6.07, 6.45) is 7.03. The first-order chi connectivity index (χ1) is 10.8. The van der Waals surface area contributed by atoms with E-state index in [0.717, 1.165) is 51.5 Å². The molecule has 1 aliphatic heterocycles. The molecule has 2 fully saturated rings. The van der Waals surface area contributed by atoms with Crippen LogP contribution in [0.4, 0.5) is 0 Å². The molecule has 2 aliphatic carbocycles.